The van der Waals surface area contributed by atoms with Gasteiger partial charge in [0.1, 0.15) is 6.26 Å². The van der Waals surface area contributed by atoms with Crippen molar-refractivity contribution in [2.24, 2.45) is 0 Å². The molecule has 6 heteroatoms. The third-order valence-corrected chi connectivity index (χ3v) is 4.94. The number of carbonyl (C=O) groups is 3. The lowest BCUT2D eigenvalue weighted by atomic mass is 10.0. The Labute approximate surface area is 158 Å². The van der Waals surface area contributed by atoms with Crippen LogP contribution in [-0.2, 0) is 11.2 Å². The van der Waals surface area contributed by atoms with Gasteiger partial charge in [-0.25, -0.2) is 0 Å². The van der Waals surface area contributed by atoms with Crippen LogP contribution in [0.15, 0.2) is 47.3 Å². The topological polar surface area (TPSA) is 70.8 Å². The van der Waals surface area contributed by atoms with E-state index in [0.717, 1.165) is 6.42 Å². The summed E-state index contributed by atoms with van der Waals surface area (Å²) in [5, 5.41) is 0. The third-order valence-electron chi connectivity index (χ3n) is 4.94. The molecule has 1 fully saturated rings. The van der Waals surface area contributed by atoms with E-state index in [0.29, 0.717) is 37.3 Å². The summed E-state index contributed by atoms with van der Waals surface area (Å²) in [5.74, 6) is -0.134. The summed E-state index contributed by atoms with van der Waals surface area (Å²) in [6.07, 6.45) is 4.24. The van der Waals surface area contributed by atoms with Gasteiger partial charge in [-0.1, -0.05) is 31.2 Å². The van der Waals surface area contributed by atoms with Gasteiger partial charge in [-0.15, -0.1) is 0 Å². The Morgan fingerprint density at radius 1 is 0.889 bits per heavy atom. The zero-order valence-corrected chi connectivity index (χ0v) is 15.5. The number of carbonyl (C=O) groups excluding carboxylic acids is 3. The van der Waals surface area contributed by atoms with Crippen LogP contribution in [0.2, 0.25) is 0 Å². The van der Waals surface area contributed by atoms with Crippen molar-refractivity contribution in [1.82, 2.24) is 9.80 Å². The van der Waals surface area contributed by atoms with Crippen molar-refractivity contribution in [2.75, 3.05) is 26.2 Å². The Balaban J connectivity index is 1.45. The summed E-state index contributed by atoms with van der Waals surface area (Å²) in [5.41, 5.74) is 2.36. The van der Waals surface area contributed by atoms with Crippen LogP contribution in [0.4, 0.5) is 0 Å². The first-order valence-electron chi connectivity index (χ1n) is 9.30. The number of furan rings is 1. The minimum Gasteiger partial charge on any atom is -0.472 e. The molecule has 1 aromatic carbocycles. The highest BCUT2D eigenvalue weighted by atomic mass is 16.3. The van der Waals surface area contributed by atoms with Crippen LogP contribution in [0.3, 0.4) is 0 Å². The van der Waals surface area contributed by atoms with Gasteiger partial charge in [-0.2, -0.15) is 0 Å². The SMILES string of the molecule is CCc1ccc(C(=O)CCC(=O)N2CCN(C(=O)c3ccoc3)CC2)cc1. The lowest BCUT2D eigenvalue weighted by Crippen LogP contribution is -2.50. The number of nitrogens with zero attached hydrogens (tertiary/aromatic N) is 2. The van der Waals surface area contributed by atoms with E-state index < -0.39 is 0 Å². The maximum absolute atomic E-state index is 12.4. The minimum atomic E-state index is -0.0819. The Morgan fingerprint density at radius 2 is 1.56 bits per heavy atom. The maximum Gasteiger partial charge on any atom is 0.257 e. The molecule has 2 heterocycles. The molecule has 0 saturated carbocycles. The summed E-state index contributed by atoms with van der Waals surface area (Å²) in [4.78, 5) is 40.4. The fourth-order valence-corrected chi connectivity index (χ4v) is 3.18. The Kier molecular flexibility index (Phi) is 6.06. The average molecular weight is 368 g/mol. The molecule has 27 heavy (non-hydrogen) atoms. The average Bonchev–Trinajstić information content (AvgIpc) is 3.26. The van der Waals surface area contributed by atoms with E-state index in [9.17, 15) is 14.4 Å². The Morgan fingerprint density at radius 3 is 2.15 bits per heavy atom. The maximum atomic E-state index is 12.4. The summed E-state index contributed by atoms with van der Waals surface area (Å²) in [6.45, 7) is 4.02. The number of hydrogen-bond acceptors (Lipinski definition) is 4. The second-order valence-electron chi connectivity index (χ2n) is 6.66. The van der Waals surface area contributed by atoms with Gasteiger partial charge in [0.25, 0.3) is 5.91 Å². The molecule has 0 bridgehead atoms. The normalized spacial score (nSPS) is 14.3. The van der Waals surface area contributed by atoms with Crippen LogP contribution in [0, 0.1) is 0 Å². The highest BCUT2D eigenvalue weighted by Crippen LogP contribution is 2.13. The zero-order valence-electron chi connectivity index (χ0n) is 15.5. The number of amides is 2. The molecule has 0 radical (unpaired) electrons. The van der Waals surface area contributed by atoms with E-state index in [4.69, 9.17) is 4.42 Å². The van der Waals surface area contributed by atoms with Crippen LogP contribution < -0.4 is 0 Å². The summed E-state index contributed by atoms with van der Waals surface area (Å²) in [7, 11) is 0. The third kappa shape index (κ3) is 4.64. The van der Waals surface area contributed by atoms with Crippen molar-refractivity contribution >= 4 is 17.6 Å². The lowest BCUT2D eigenvalue weighted by molar-refractivity contribution is -0.132. The van der Waals surface area contributed by atoms with Crippen LogP contribution in [0.1, 0.15) is 46.0 Å². The van der Waals surface area contributed by atoms with Gasteiger partial charge in [-0.3, -0.25) is 14.4 Å². The van der Waals surface area contributed by atoms with Crippen LogP contribution in [0.5, 0.6) is 0 Å². The standard InChI is InChI=1S/C21H24N2O4/c1-2-16-3-5-17(6-4-16)19(24)7-8-20(25)22-10-12-23(13-11-22)21(26)18-9-14-27-15-18/h3-6,9,14-15H,2,7-8,10-13H2,1H3. The second-order valence-corrected chi connectivity index (χ2v) is 6.66. The van der Waals surface area contributed by atoms with Crippen LogP contribution in [0.25, 0.3) is 0 Å². The fraction of sp³-hybridized carbons (Fsp3) is 0.381. The van der Waals surface area contributed by atoms with Gasteiger partial charge >= 0.3 is 0 Å². The van der Waals surface area contributed by atoms with E-state index in [-0.39, 0.29) is 30.4 Å². The molecular weight excluding hydrogens is 344 g/mol. The molecule has 142 valence electrons. The first kappa shape index (κ1) is 18.9. The van der Waals surface area contributed by atoms with Crippen LogP contribution >= 0.6 is 0 Å². The van der Waals surface area contributed by atoms with Crippen molar-refractivity contribution in [1.29, 1.82) is 0 Å². The highest BCUT2D eigenvalue weighted by Gasteiger charge is 2.25. The van der Waals surface area contributed by atoms with E-state index in [1.165, 1.54) is 18.1 Å². The summed E-state index contributed by atoms with van der Waals surface area (Å²) < 4.78 is 4.95. The number of hydrogen-bond donors (Lipinski definition) is 0. The number of Topliss-reactive ketones (excluding diaryl/α,β-unsaturated/α-hetero) is 1. The number of rotatable bonds is 6. The number of piperazine rings is 1. The molecule has 0 atom stereocenters. The molecule has 2 amide bonds. The second kappa shape index (κ2) is 8.66. The molecule has 0 aliphatic carbocycles. The molecule has 1 aliphatic heterocycles. The van der Waals surface area contributed by atoms with Crippen molar-refractivity contribution in [3.8, 4) is 0 Å². The van der Waals surface area contributed by atoms with E-state index in [1.54, 1.807) is 15.9 Å². The molecule has 0 unspecified atom stereocenters. The number of benzene rings is 1. The van der Waals surface area contributed by atoms with Crippen molar-refractivity contribution in [3.63, 3.8) is 0 Å². The van der Waals surface area contributed by atoms with Gasteiger partial charge in [0, 0.05) is 44.6 Å². The molecule has 1 aromatic heterocycles. The summed E-state index contributed by atoms with van der Waals surface area (Å²) in [6, 6.07) is 9.19. The first-order chi connectivity index (χ1) is 13.1. The predicted octanol–water partition coefficient (Wildman–Crippen LogP) is 2.79. The molecule has 3 rings (SSSR count). The van der Waals surface area contributed by atoms with Gasteiger partial charge < -0.3 is 14.2 Å². The quantitative estimate of drug-likeness (QED) is 0.735. The summed E-state index contributed by atoms with van der Waals surface area (Å²) >= 11 is 0. The van der Waals surface area contributed by atoms with Gasteiger partial charge in [0.15, 0.2) is 5.78 Å². The van der Waals surface area contributed by atoms with Crippen molar-refractivity contribution in [3.05, 3.63) is 59.5 Å². The largest absolute Gasteiger partial charge is 0.472 e. The first-order valence-corrected chi connectivity index (χ1v) is 9.30. The molecule has 1 saturated heterocycles. The molecule has 0 spiro atoms. The monoisotopic (exact) mass is 368 g/mol. The van der Waals surface area contributed by atoms with Gasteiger partial charge in [0.05, 0.1) is 11.8 Å². The molecule has 6 nitrogen and oxygen atoms in total. The predicted molar refractivity (Wildman–Crippen MR) is 101 cm³/mol. The van der Waals surface area contributed by atoms with E-state index in [1.807, 2.05) is 24.3 Å². The number of aryl methyl sites for hydroxylation is 1. The van der Waals surface area contributed by atoms with Crippen LogP contribution in [-0.4, -0.2) is 53.6 Å². The van der Waals surface area contributed by atoms with Crippen molar-refractivity contribution < 1.29 is 18.8 Å². The molecular formula is C21H24N2O4. The number of ketones is 1. The lowest BCUT2D eigenvalue weighted by Gasteiger charge is -2.34. The van der Waals surface area contributed by atoms with Crippen molar-refractivity contribution in [2.45, 2.75) is 26.2 Å². The molecule has 1 aliphatic rings. The van der Waals surface area contributed by atoms with E-state index >= 15 is 0 Å². The zero-order chi connectivity index (χ0) is 19.2. The molecule has 0 N–H and O–H groups in total. The fourth-order valence-electron chi connectivity index (χ4n) is 3.18. The Hall–Kier alpha value is -2.89. The molecule has 2 aromatic rings. The van der Waals surface area contributed by atoms with E-state index in [2.05, 4.69) is 6.92 Å². The highest BCUT2D eigenvalue weighted by molar-refractivity contribution is 5.98. The minimum absolute atomic E-state index is 0.0141. The van der Waals surface area contributed by atoms with Gasteiger partial charge in [-0.05, 0) is 18.1 Å². The van der Waals surface area contributed by atoms with Gasteiger partial charge in [0.2, 0.25) is 5.91 Å². The Bertz CT molecular complexity index is 788. The smallest absolute Gasteiger partial charge is 0.257 e.